The summed E-state index contributed by atoms with van der Waals surface area (Å²) >= 11 is 0. The van der Waals surface area contributed by atoms with Gasteiger partial charge in [0.05, 0.1) is 12.2 Å². The van der Waals surface area contributed by atoms with E-state index in [1.54, 1.807) is 0 Å². The van der Waals surface area contributed by atoms with E-state index < -0.39 is 18.2 Å². The van der Waals surface area contributed by atoms with Gasteiger partial charge in [0.1, 0.15) is 0 Å². The number of carbonyl (C=O) groups is 1. The van der Waals surface area contributed by atoms with Gasteiger partial charge in [-0.2, -0.15) is 0 Å². The number of unbranched alkanes of at least 4 members (excludes halogenated alkanes) is 1. The van der Waals surface area contributed by atoms with Crippen molar-refractivity contribution in [1.29, 1.82) is 0 Å². The highest BCUT2D eigenvalue weighted by Crippen LogP contribution is 2.10. The molecule has 0 amide bonds. The third kappa shape index (κ3) is 6.86. The van der Waals surface area contributed by atoms with Gasteiger partial charge in [-0.05, 0) is 19.3 Å². The number of hydrogen-bond acceptors (Lipinski definition) is 3. The molecule has 0 saturated heterocycles. The Hall–Kier alpha value is -0.610. The third-order valence-corrected chi connectivity index (χ3v) is 2.19. The number of carboxylic acid groups (broad SMARTS) is 1. The Balaban J connectivity index is 3.50. The maximum absolute atomic E-state index is 10.2. The lowest BCUT2D eigenvalue weighted by Gasteiger charge is -2.16. The van der Waals surface area contributed by atoms with Crippen LogP contribution < -0.4 is 0 Å². The summed E-state index contributed by atoms with van der Waals surface area (Å²) in [6.07, 6.45) is 1.81. The minimum absolute atomic E-state index is 0.0531. The number of hydrogen-bond donors (Lipinski definition) is 3. The molecule has 4 heteroatoms. The summed E-state index contributed by atoms with van der Waals surface area (Å²) < 4.78 is 0. The van der Waals surface area contributed by atoms with E-state index in [1.165, 1.54) is 0 Å². The maximum Gasteiger partial charge on any atom is 0.303 e. The van der Waals surface area contributed by atoms with Crippen LogP contribution in [-0.2, 0) is 4.79 Å². The number of aliphatic hydroxyl groups excluding tert-OH is 2. The lowest BCUT2D eigenvalue weighted by atomic mass is 10.0. The summed E-state index contributed by atoms with van der Waals surface area (Å²) in [4.78, 5) is 10.2. The molecule has 14 heavy (non-hydrogen) atoms. The molecule has 2 unspecified atom stereocenters. The Kier molecular flexibility index (Phi) is 7.42. The van der Waals surface area contributed by atoms with E-state index in [0.717, 1.165) is 12.8 Å². The zero-order valence-electron chi connectivity index (χ0n) is 8.65. The number of aliphatic hydroxyl groups is 2. The number of carboxylic acids is 1. The van der Waals surface area contributed by atoms with Crippen molar-refractivity contribution >= 4 is 5.97 Å². The number of rotatable bonds is 8. The van der Waals surface area contributed by atoms with Crippen LogP contribution in [0.2, 0.25) is 0 Å². The van der Waals surface area contributed by atoms with Crippen molar-refractivity contribution in [2.24, 2.45) is 0 Å². The Morgan fingerprint density at radius 2 is 1.64 bits per heavy atom. The second-order valence-corrected chi connectivity index (χ2v) is 3.56. The van der Waals surface area contributed by atoms with E-state index in [1.807, 2.05) is 6.92 Å². The van der Waals surface area contributed by atoms with Crippen molar-refractivity contribution in [3.63, 3.8) is 0 Å². The molecular formula is C10H20O4. The molecule has 0 rings (SSSR count). The Bertz CT molecular complexity index is 158. The molecule has 0 heterocycles. The van der Waals surface area contributed by atoms with Gasteiger partial charge in [0.15, 0.2) is 0 Å². The van der Waals surface area contributed by atoms with E-state index in [4.69, 9.17) is 5.11 Å². The van der Waals surface area contributed by atoms with Gasteiger partial charge in [-0.25, -0.2) is 0 Å². The third-order valence-electron chi connectivity index (χ3n) is 2.19. The van der Waals surface area contributed by atoms with E-state index in [-0.39, 0.29) is 6.42 Å². The summed E-state index contributed by atoms with van der Waals surface area (Å²) in [6.45, 7) is 2.02. The van der Waals surface area contributed by atoms with Crippen molar-refractivity contribution < 1.29 is 20.1 Å². The van der Waals surface area contributed by atoms with Crippen molar-refractivity contribution in [3.8, 4) is 0 Å². The van der Waals surface area contributed by atoms with Gasteiger partial charge in [0, 0.05) is 6.42 Å². The molecule has 0 saturated carbocycles. The molecule has 0 spiro atoms. The molecule has 0 aliphatic rings. The van der Waals surface area contributed by atoms with Gasteiger partial charge in [-0.15, -0.1) is 0 Å². The second-order valence-electron chi connectivity index (χ2n) is 3.56. The van der Waals surface area contributed by atoms with E-state index in [2.05, 4.69) is 0 Å². The van der Waals surface area contributed by atoms with Gasteiger partial charge in [-0.1, -0.05) is 19.8 Å². The molecule has 2 atom stereocenters. The maximum atomic E-state index is 10.2. The Morgan fingerprint density at radius 3 is 2.07 bits per heavy atom. The quantitative estimate of drug-likeness (QED) is 0.554. The zero-order valence-corrected chi connectivity index (χ0v) is 8.65. The largest absolute Gasteiger partial charge is 0.481 e. The van der Waals surface area contributed by atoms with Crippen LogP contribution in [0.25, 0.3) is 0 Å². The molecule has 0 aliphatic carbocycles. The van der Waals surface area contributed by atoms with Gasteiger partial charge >= 0.3 is 5.97 Å². The van der Waals surface area contributed by atoms with Crippen molar-refractivity contribution in [1.82, 2.24) is 0 Å². The molecule has 0 aromatic heterocycles. The highest BCUT2D eigenvalue weighted by molar-refractivity contribution is 5.66. The summed E-state index contributed by atoms with van der Waals surface area (Å²) in [5, 5.41) is 27.2. The van der Waals surface area contributed by atoms with Crippen LogP contribution in [-0.4, -0.2) is 33.5 Å². The van der Waals surface area contributed by atoms with Crippen LogP contribution in [0.5, 0.6) is 0 Å². The fourth-order valence-corrected chi connectivity index (χ4v) is 1.26. The summed E-state index contributed by atoms with van der Waals surface area (Å²) in [5.41, 5.74) is 0. The molecule has 0 bridgehead atoms. The molecular weight excluding hydrogens is 184 g/mol. The van der Waals surface area contributed by atoms with Gasteiger partial charge in [0.25, 0.3) is 0 Å². The molecule has 0 aromatic carbocycles. The molecule has 0 aliphatic heterocycles. The van der Waals surface area contributed by atoms with Crippen LogP contribution >= 0.6 is 0 Å². The first-order valence-electron chi connectivity index (χ1n) is 5.15. The van der Waals surface area contributed by atoms with Crippen molar-refractivity contribution in [2.45, 2.75) is 57.7 Å². The predicted molar refractivity (Wildman–Crippen MR) is 53.0 cm³/mol. The fraction of sp³-hybridized carbons (Fsp3) is 0.900. The van der Waals surface area contributed by atoms with Crippen LogP contribution in [0.1, 0.15) is 45.4 Å². The molecule has 84 valence electrons. The SMILES string of the molecule is CCCCC(O)C(O)CCCC(=O)O. The fourth-order valence-electron chi connectivity index (χ4n) is 1.26. The van der Waals surface area contributed by atoms with Crippen LogP contribution in [0, 0.1) is 0 Å². The van der Waals surface area contributed by atoms with Gasteiger partial charge in [0.2, 0.25) is 0 Å². The topological polar surface area (TPSA) is 77.8 Å². The first-order valence-corrected chi connectivity index (χ1v) is 5.15. The normalized spacial score (nSPS) is 15.1. The summed E-state index contributed by atoms with van der Waals surface area (Å²) in [5.74, 6) is -0.861. The first kappa shape index (κ1) is 13.4. The van der Waals surface area contributed by atoms with E-state index in [0.29, 0.717) is 19.3 Å². The standard InChI is InChI=1S/C10H20O4/c1-2-3-5-8(11)9(12)6-4-7-10(13)14/h8-9,11-12H,2-7H2,1H3,(H,13,14). The predicted octanol–water partition coefficient (Wildman–Crippen LogP) is 1.15. The minimum Gasteiger partial charge on any atom is -0.481 e. The lowest BCUT2D eigenvalue weighted by Crippen LogP contribution is -2.25. The molecule has 0 fully saturated rings. The minimum atomic E-state index is -0.861. The van der Waals surface area contributed by atoms with Crippen molar-refractivity contribution in [2.75, 3.05) is 0 Å². The average molecular weight is 204 g/mol. The van der Waals surface area contributed by atoms with E-state index >= 15 is 0 Å². The second kappa shape index (κ2) is 7.76. The summed E-state index contributed by atoms with van der Waals surface area (Å²) in [6, 6.07) is 0. The molecule has 3 N–H and O–H groups in total. The first-order chi connectivity index (χ1) is 6.57. The molecule has 0 aromatic rings. The average Bonchev–Trinajstić information content (AvgIpc) is 2.13. The van der Waals surface area contributed by atoms with E-state index in [9.17, 15) is 15.0 Å². The van der Waals surface area contributed by atoms with Crippen molar-refractivity contribution in [3.05, 3.63) is 0 Å². The monoisotopic (exact) mass is 204 g/mol. The lowest BCUT2D eigenvalue weighted by molar-refractivity contribution is -0.137. The van der Waals surface area contributed by atoms with Crippen LogP contribution in [0.4, 0.5) is 0 Å². The van der Waals surface area contributed by atoms with Crippen LogP contribution in [0.15, 0.2) is 0 Å². The highest BCUT2D eigenvalue weighted by atomic mass is 16.4. The Labute approximate surface area is 84.6 Å². The molecule has 0 radical (unpaired) electrons. The zero-order chi connectivity index (χ0) is 11.0. The summed E-state index contributed by atoms with van der Waals surface area (Å²) in [7, 11) is 0. The smallest absolute Gasteiger partial charge is 0.303 e. The molecule has 4 nitrogen and oxygen atoms in total. The Morgan fingerprint density at radius 1 is 1.14 bits per heavy atom. The highest BCUT2D eigenvalue weighted by Gasteiger charge is 2.15. The number of aliphatic carboxylic acids is 1. The van der Waals surface area contributed by atoms with Gasteiger partial charge < -0.3 is 15.3 Å². The van der Waals surface area contributed by atoms with Crippen LogP contribution in [0.3, 0.4) is 0 Å². The van der Waals surface area contributed by atoms with Gasteiger partial charge in [-0.3, -0.25) is 4.79 Å².